The largest absolute Gasteiger partial charge is 0.354 e. The van der Waals surface area contributed by atoms with Gasteiger partial charge in [-0.2, -0.15) is 0 Å². The van der Waals surface area contributed by atoms with Crippen LogP contribution in [0.4, 0.5) is 0 Å². The number of nitrogens with one attached hydrogen (secondary N) is 2. The van der Waals surface area contributed by atoms with E-state index in [9.17, 15) is 4.79 Å². The van der Waals surface area contributed by atoms with Crippen LogP contribution in [0.15, 0.2) is 0 Å². The minimum absolute atomic E-state index is 0.135. The summed E-state index contributed by atoms with van der Waals surface area (Å²) in [4.78, 5) is 11.4. The first-order valence-corrected chi connectivity index (χ1v) is 5.58. The predicted octanol–water partition coefficient (Wildman–Crippen LogP) is 1.29. The zero-order valence-corrected chi connectivity index (χ0v) is 9.81. The topological polar surface area (TPSA) is 41.1 Å². The maximum absolute atomic E-state index is 11.4. The van der Waals surface area contributed by atoms with Crippen LogP contribution in [0.3, 0.4) is 0 Å². The second kappa shape index (κ2) is 9.54. The highest BCUT2D eigenvalue weighted by Gasteiger charge is 2.05. The van der Waals surface area contributed by atoms with Gasteiger partial charge in [-0.05, 0) is 39.8 Å². The summed E-state index contributed by atoms with van der Waals surface area (Å²) in [6.45, 7) is 2.96. The molecule has 15 heavy (non-hydrogen) atoms. The molecule has 1 amide bonds. The van der Waals surface area contributed by atoms with Crippen molar-refractivity contribution in [1.82, 2.24) is 10.6 Å². The van der Waals surface area contributed by atoms with E-state index in [4.69, 9.17) is 6.42 Å². The lowest BCUT2D eigenvalue weighted by Gasteiger charge is -2.12. The highest BCUT2D eigenvalue weighted by Crippen LogP contribution is 1.98. The van der Waals surface area contributed by atoms with Gasteiger partial charge in [-0.3, -0.25) is 4.79 Å². The number of rotatable bonds is 8. The van der Waals surface area contributed by atoms with Gasteiger partial charge in [-0.25, -0.2) is 0 Å². The number of carbonyl (C=O) groups excluding carboxylic acids is 1. The summed E-state index contributed by atoms with van der Waals surface area (Å²) < 4.78 is 0. The van der Waals surface area contributed by atoms with E-state index in [1.54, 1.807) is 0 Å². The standard InChI is InChI=1S/C12H22N2O/c1-4-5-8-11(2)14-12(15)9-6-7-10-13-3/h1,11,13H,5-10H2,2-3H3,(H,14,15). The Labute approximate surface area is 93.0 Å². The van der Waals surface area contributed by atoms with Crippen molar-refractivity contribution in [1.29, 1.82) is 0 Å². The molecule has 0 bridgehead atoms. The van der Waals surface area contributed by atoms with Crippen LogP contribution in [0.2, 0.25) is 0 Å². The number of carbonyl (C=O) groups is 1. The smallest absolute Gasteiger partial charge is 0.220 e. The van der Waals surface area contributed by atoms with Crippen molar-refractivity contribution in [2.75, 3.05) is 13.6 Å². The minimum Gasteiger partial charge on any atom is -0.354 e. The lowest BCUT2D eigenvalue weighted by Crippen LogP contribution is -2.32. The Morgan fingerprint density at radius 3 is 2.80 bits per heavy atom. The Kier molecular flexibility index (Phi) is 8.90. The fourth-order valence-electron chi connectivity index (χ4n) is 1.31. The van der Waals surface area contributed by atoms with Crippen LogP contribution in [0, 0.1) is 12.3 Å². The van der Waals surface area contributed by atoms with Gasteiger partial charge in [0.1, 0.15) is 0 Å². The lowest BCUT2D eigenvalue weighted by atomic mass is 10.1. The van der Waals surface area contributed by atoms with E-state index in [1.165, 1.54) is 0 Å². The monoisotopic (exact) mass is 210 g/mol. The van der Waals surface area contributed by atoms with Crippen LogP contribution in [0.5, 0.6) is 0 Å². The van der Waals surface area contributed by atoms with Gasteiger partial charge in [0.05, 0.1) is 0 Å². The van der Waals surface area contributed by atoms with E-state index < -0.39 is 0 Å². The molecule has 86 valence electrons. The van der Waals surface area contributed by atoms with E-state index >= 15 is 0 Å². The fraction of sp³-hybridized carbons (Fsp3) is 0.750. The van der Waals surface area contributed by atoms with E-state index in [0.29, 0.717) is 6.42 Å². The van der Waals surface area contributed by atoms with Crippen molar-refractivity contribution in [2.45, 2.75) is 45.1 Å². The number of terminal acetylenes is 1. The van der Waals surface area contributed by atoms with Crippen molar-refractivity contribution < 1.29 is 4.79 Å². The Bertz CT molecular complexity index is 208. The molecule has 0 radical (unpaired) electrons. The zero-order valence-electron chi connectivity index (χ0n) is 9.81. The molecule has 1 unspecified atom stereocenters. The Balaban J connectivity index is 3.43. The second-order valence-electron chi connectivity index (χ2n) is 3.77. The molecule has 0 aliphatic rings. The summed E-state index contributed by atoms with van der Waals surface area (Å²) in [5, 5.41) is 5.99. The van der Waals surface area contributed by atoms with Crippen LogP contribution >= 0.6 is 0 Å². The average Bonchev–Trinajstić information content (AvgIpc) is 2.21. The van der Waals surface area contributed by atoms with Crippen molar-refractivity contribution in [3.63, 3.8) is 0 Å². The number of hydrogen-bond acceptors (Lipinski definition) is 2. The van der Waals surface area contributed by atoms with Crippen molar-refractivity contribution >= 4 is 5.91 Å². The summed E-state index contributed by atoms with van der Waals surface area (Å²) in [6, 6.07) is 0.192. The molecule has 0 saturated heterocycles. The molecule has 2 N–H and O–H groups in total. The quantitative estimate of drug-likeness (QED) is 0.468. The molecular formula is C12H22N2O. The fourth-order valence-corrected chi connectivity index (χ4v) is 1.31. The molecule has 0 rings (SSSR count). The number of unbranched alkanes of at least 4 members (excludes halogenated alkanes) is 1. The second-order valence-corrected chi connectivity index (χ2v) is 3.77. The van der Waals surface area contributed by atoms with Gasteiger partial charge in [0, 0.05) is 18.9 Å². The van der Waals surface area contributed by atoms with Crippen LogP contribution in [-0.2, 0) is 4.79 Å². The average molecular weight is 210 g/mol. The highest BCUT2D eigenvalue weighted by atomic mass is 16.1. The van der Waals surface area contributed by atoms with Crippen molar-refractivity contribution in [3.05, 3.63) is 0 Å². The third-order valence-electron chi connectivity index (χ3n) is 2.21. The van der Waals surface area contributed by atoms with Gasteiger partial charge in [0.15, 0.2) is 0 Å². The van der Waals surface area contributed by atoms with Crippen LogP contribution in [0.25, 0.3) is 0 Å². The summed E-state index contributed by atoms with van der Waals surface area (Å²) in [7, 11) is 1.92. The number of amides is 1. The molecule has 0 heterocycles. The molecule has 3 heteroatoms. The summed E-state index contributed by atoms with van der Waals surface area (Å²) in [6.07, 6.45) is 9.33. The van der Waals surface area contributed by atoms with E-state index in [2.05, 4.69) is 16.6 Å². The van der Waals surface area contributed by atoms with Crippen molar-refractivity contribution in [2.24, 2.45) is 0 Å². The van der Waals surface area contributed by atoms with Gasteiger partial charge in [0.25, 0.3) is 0 Å². The molecular weight excluding hydrogens is 188 g/mol. The zero-order chi connectivity index (χ0) is 11.5. The van der Waals surface area contributed by atoms with Gasteiger partial charge in [-0.1, -0.05) is 0 Å². The van der Waals surface area contributed by atoms with Gasteiger partial charge in [0.2, 0.25) is 5.91 Å². The maximum Gasteiger partial charge on any atom is 0.220 e. The molecule has 1 atom stereocenters. The van der Waals surface area contributed by atoms with Crippen LogP contribution < -0.4 is 10.6 Å². The molecule has 0 aromatic rings. The first-order valence-electron chi connectivity index (χ1n) is 5.58. The van der Waals surface area contributed by atoms with Crippen LogP contribution in [-0.4, -0.2) is 25.5 Å². The maximum atomic E-state index is 11.4. The molecule has 0 aliphatic carbocycles. The van der Waals surface area contributed by atoms with Crippen LogP contribution in [0.1, 0.15) is 39.0 Å². The molecule has 0 aromatic carbocycles. The Morgan fingerprint density at radius 1 is 1.47 bits per heavy atom. The molecule has 0 aliphatic heterocycles. The SMILES string of the molecule is C#CCCC(C)NC(=O)CCCCNC. The molecule has 3 nitrogen and oxygen atoms in total. The summed E-state index contributed by atoms with van der Waals surface area (Å²) in [5.41, 5.74) is 0. The third-order valence-corrected chi connectivity index (χ3v) is 2.21. The summed E-state index contributed by atoms with van der Waals surface area (Å²) >= 11 is 0. The van der Waals surface area contributed by atoms with Gasteiger partial charge in [-0.15, -0.1) is 12.3 Å². The lowest BCUT2D eigenvalue weighted by molar-refractivity contribution is -0.121. The highest BCUT2D eigenvalue weighted by molar-refractivity contribution is 5.76. The van der Waals surface area contributed by atoms with E-state index in [-0.39, 0.29) is 11.9 Å². The van der Waals surface area contributed by atoms with Gasteiger partial charge < -0.3 is 10.6 Å². The molecule has 0 fully saturated rings. The van der Waals surface area contributed by atoms with E-state index in [1.807, 2.05) is 14.0 Å². The molecule has 0 aromatic heterocycles. The first-order chi connectivity index (χ1) is 7.20. The van der Waals surface area contributed by atoms with Crippen molar-refractivity contribution in [3.8, 4) is 12.3 Å². The summed E-state index contributed by atoms with van der Waals surface area (Å²) in [5.74, 6) is 2.71. The first kappa shape index (κ1) is 14.0. The van der Waals surface area contributed by atoms with E-state index in [0.717, 1.165) is 32.2 Å². The third kappa shape index (κ3) is 9.30. The predicted molar refractivity (Wildman–Crippen MR) is 63.4 cm³/mol. The van der Waals surface area contributed by atoms with Gasteiger partial charge >= 0.3 is 0 Å². The number of hydrogen-bond donors (Lipinski definition) is 2. The Morgan fingerprint density at radius 2 is 2.20 bits per heavy atom. The Hall–Kier alpha value is -1.01. The normalized spacial score (nSPS) is 11.8. The molecule has 0 saturated carbocycles. The molecule has 0 spiro atoms. The minimum atomic E-state index is 0.135.